The molecule has 0 aromatic heterocycles. The number of carbonyl (C=O) groups is 1. The van der Waals surface area contributed by atoms with Crippen LogP contribution < -0.4 is 11.1 Å². The summed E-state index contributed by atoms with van der Waals surface area (Å²) in [6, 6.07) is 0. The molecule has 1 amide bonds. The molecule has 0 aromatic rings. The van der Waals surface area contributed by atoms with Crippen molar-refractivity contribution in [3.05, 3.63) is 0 Å². The molecule has 0 fully saturated rings. The van der Waals surface area contributed by atoms with Gasteiger partial charge >= 0.3 is 0 Å². The Bertz CT molecular complexity index is 149. The fraction of sp³-hybridized carbons (Fsp3) is 0.900. The average molecular weight is 202 g/mol. The summed E-state index contributed by atoms with van der Waals surface area (Å²) in [5, 5.41) is 3.12. The van der Waals surface area contributed by atoms with Crippen molar-refractivity contribution in [2.45, 2.75) is 26.7 Å². The van der Waals surface area contributed by atoms with Crippen molar-refractivity contribution in [1.82, 2.24) is 5.32 Å². The van der Waals surface area contributed by atoms with Gasteiger partial charge in [-0.05, 0) is 18.9 Å². The zero-order valence-electron chi connectivity index (χ0n) is 9.21. The van der Waals surface area contributed by atoms with Crippen LogP contribution in [0.3, 0.4) is 0 Å². The van der Waals surface area contributed by atoms with E-state index in [1.54, 1.807) is 0 Å². The lowest BCUT2D eigenvalue weighted by Gasteiger charge is -2.06. The molecule has 0 aromatic carbocycles. The topological polar surface area (TPSA) is 64.3 Å². The lowest BCUT2D eigenvalue weighted by Crippen LogP contribution is -2.23. The van der Waals surface area contributed by atoms with Gasteiger partial charge in [-0.1, -0.05) is 13.8 Å². The molecule has 0 unspecified atom stereocenters. The van der Waals surface area contributed by atoms with Crippen LogP contribution in [0.5, 0.6) is 0 Å². The summed E-state index contributed by atoms with van der Waals surface area (Å²) in [6.07, 6.45) is 1.39. The predicted molar refractivity (Wildman–Crippen MR) is 57.0 cm³/mol. The van der Waals surface area contributed by atoms with E-state index in [0.717, 1.165) is 26.2 Å². The monoisotopic (exact) mass is 202 g/mol. The second kappa shape index (κ2) is 8.97. The van der Waals surface area contributed by atoms with E-state index in [1.807, 2.05) is 0 Å². The standard InChI is InChI=1S/C10H22N2O2/c1-9(2)8-14-7-3-5-12-6-4-10(11)13/h9,12H,3-8H2,1-2H3,(H2,11,13). The Morgan fingerprint density at radius 3 is 2.71 bits per heavy atom. The van der Waals surface area contributed by atoms with Crippen molar-refractivity contribution in [1.29, 1.82) is 0 Å². The third kappa shape index (κ3) is 11.4. The minimum absolute atomic E-state index is 0.256. The van der Waals surface area contributed by atoms with Gasteiger partial charge in [0.2, 0.25) is 5.91 Å². The Labute approximate surface area is 86.2 Å². The zero-order valence-corrected chi connectivity index (χ0v) is 9.21. The summed E-state index contributed by atoms with van der Waals surface area (Å²) in [5.74, 6) is 0.339. The molecule has 0 rings (SSSR count). The molecule has 84 valence electrons. The lowest BCUT2D eigenvalue weighted by molar-refractivity contribution is -0.117. The molecule has 0 spiro atoms. The van der Waals surface area contributed by atoms with Crippen molar-refractivity contribution >= 4 is 5.91 Å². The van der Waals surface area contributed by atoms with E-state index in [1.165, 1.54) is 0 Å². The van der Waals surface area contributed by atoms with Gasteiger partial charge in [-0.3, -0.25) is 4.79 Å². The second-order valence-electron chi connectivity index (χ2n) is 3.79. The Morgan fingerprint density at radius 1 is 1.43 bits per heavy atom. The van der Waals surface area contributed by atoms with Gasteiger partial charge in [-0.25, -0.2) is 0 Å². The maximum Gasteiger partial charge on any atom is 0.218 e. The summed E-state index contributed by atoms with van der Waals surface area (Å²) >= 11 is 0. The smallest absolute Gasteiger partial charge is 0.218 e. The highest BCUT2D eigenvalue weighted by Gasteiger charge is 1.95. The molecule has 3 N–H and O–H groups in total. The molecule has 0 aliphatic heterocycles. The Balaban J connectivity index is 2.96. The molecule has 0 atom stereocenters. The first-order chi connectivity index (χ1) is 6.63. The Kier molecular flexibility index (Phi) is 8.57. The maximum atomic E-state index is 10.4. The number of hydrogen-bond donors (Lipinski definition) is 2. The van der Waals surface area contributed by atoms with Crippen molar-refractivity contribution in [3.8, 4) is 0 Å². The zero-order chi connectivity index (χ0) is 10.8. The highest BCUT2D eigenvalue weighted by Crippen LogP contribution is 1.92. The molecule has 14 heavy (non-hydrogen) atoms. The first-order valence-corrected chi connectivity index (χ1v) is 5.19. The summed E-state index contributed by atoms with van der Waals surface area (Å²) in [7, 11) is 0. The minimum Gasteiger partial charge on any atom is -0.381 e. The normalized spacial score (nSPS) is 10.8. The van der Waals surface area contributed by atoms with Crippen molar-refractivity contribution in [2.75, 3.05) is 26.3 Å². The van der Waals surface area contributed by atoms with E-state index in [0.29, 0.717) is 18.9 Å². The van der Waals surface area contributed by atoms with Gasteiger partial charge in [-0.15, -0.1) is 0 Å². The van der Waals surface area contributed by atoms with Crippen molar-refractivity contribution in [3.63, 3.8) is 0 Å². The van der Waals surface area contributed by atoms with Gasteiger partial charge in [0.15, 0.2) is 0 Å². The molecule has 0 aliphatic carbocycles. The average Bonchev–Trinajstić information content (AvgIpc) is 2.08. The molecule has 0 bridgehead atoms. The Morgan fingerprint density at radius 2 is 2.14 bits per heavy atom. The van der Waals surface area contributed by atoms with Crippen LogP contribution in [0.4, 0.5) is 0 Å². The molecule has 4 heteroatoms. The van der Waals surface area contributed by atoms with Crippen LogP contribution in [0.15, 0.2) is 0 Å². The quantitative estimate of drug-likeness (QED) is 0.536. The lowest BCUT2D eigenvalue weighted by atomic mass is 10.2. The third-order valence-corrected chi connectivity index (χ3v) is 1.64. The fourth-order valence-electron chi connectivity index (χ4n) is 0.955. The number of nitrogens with one attached hydrogen (secondary N) is 1. The van der Waals surface area contributed by atoms with Gasteiger partial charge in [0.1, 0.15) is 0 Å². The van der Waals surface area contributed by atoms with E-state index in [-0.39, 0.29) is 5.91 Å². The van der Waals surface area contributed by atoms with Gasteiger partial charge in [0, 0.05) is 26.2 Å². The molecule has 0 saturated carbocycles. The fourth-order valence-corrected chi connectivity index (χ4v) is 0.955. The van der Waals surface area contributed by atoms with Gasteiger partial charge in [-0.2, -0.15) is 0 Å². The number of hydrogen-bond acceptors (Lipinski definition) is 3. The summed E-state index contributed by atoms with van der Waals surface area (Å²) < 4.78 is 5.39. The van der Waals surface area contributed by atoms with Crippen LogP contribution in [-0.4, -0.2) is 32.2 Å². The van der Waals surface area contributed by atoms with Gasteiger partial charge < -0.3 is 15.8 Å². The van der Waals surface area contributed by atoms with E-state index < -0.39 is 0 Å². The summed E-state index contributed by atoms with van der Waals surface area (Å²) in [5.41, 5.74) is 4.98. The van der Waals surface area contributed by atoms with Crippen LogP contribution >= 0.6 is 0 Å². The maximum absolute atomic E-state index is 10.4. The number of amides is 1. The number of rotatable bonds is 9. The Hall–Kier alpha value is -0.610. The number of carbonyl (C=O) groups excluding carboxylic acids is 1. The molecule has 0 aliphatic rings. The SMILES string of the molecule is CC(C)COCCCNCCC(N)=O. The first kappa shape index (κ1) is 13.4. The van der Waals surface area contributed by atoms with E-state index in [9.17, 15) is 4.79 Å². The van der Waals surface area contributed by atoms with E-state index in [2.05, 4.69) is 19.2 Å². The predicted octanol–water partition coefficient (Wildman–Crippen LogP) is 0.514. The number of nitrogens with two attached hydrogens (primary N) is 1. The highest BCUT2D eigenvalue weighted by atomic mass is 16.5. The molecular weight excluding hydrogens is 180 g/mol. The van der Waals surface area contributed by atoms with Gasteiger partial charge in [0.05, 0.1) is 0 Å². The van der Waals surface area contributed by atoms with E-state index in [4.69, 9.17) is 10.5 Å². The van der Waals surface area contributed by atoms with Crippen LogP contribution in [-0.2, 0) is 9.53 Å². The minimum atomic E-state index is -0.256. The third-order valence-electron chi connectivity index (χ3n) is 1.64. The molecule has 0 heterocycles. The number of primary amides is 1. The first-order valence-electron chi connectivity index (χ1n) is 5.19. The molecule has 0 radical (unpaired) electrons. The van der Waals surface area contributed by atoms with E-state index >= 15 is 0 Å². The van der Waals surface area contributed by atoms with Crippen molar-refractivity contribution < 1.29 is 9.53 Å². The summed E-state index contributed by atoms with van der Waals surface area (Å²) in [6.45, 7) is 7.41. The second-order valence-corrected chi connectivity index (χ2v) is 3.79. The van der Waals surface area contributed by atoms with Crippen LogP contribution in [0, 0.1) is 5.92 Å². The van der Waals surface area contributed by atoms with Crippen LogP contribution in [0.1, 0.15) is 26.7 Å². The van der Waals surface area contributed by atoms with Crippen LogP contribution in [0.25, 0.3) is 0 Å². The largest absolute Gasteiger partial charge is 0.381 e. The molecule has 0 saturated heterocycles. The number of ether oxygens (including phenoxy) is 1. The van der Waals surface area contributed by atoms with Gasteiger partial charge in [0.25, 0.3) is 0 Å². The molecular formula is C10H22N2O2. The van der Waals surface area contributed by atoms with Crippen molar-refractivity contribution in [2.24, 2.45) is 11.7 Å². The molecule has 4 nitrogen and oxygen atoms in total. The summed E-state index contributed by atoms with van der Waals surface area (Å²) in [4.78, 5) is 10.4. The highest BCUT2D eigenvalue weighted by molar-refractivity contribution is 5.73. The van der Waals surface area contributed by atoms with Crippen LogP contribution in [0.2, 0.25) is 0 Å².